The van der Waals surface area contributed by atoms with Gasteiger partial charge in [-0.15, -0.1) is 5.10 Å². The Bertz CT molecular complexity index is 1050. The molecule has 3 aromatic rings. The Hall–Kier alpha value is -3.16. The summed E-state index contributed by atoms with van der Waals surface area (Å²) >= 11 is 0. The summed E-state index contributed by atoms with van der Waals surface area (Å²) in [6.45, 7) is 9.27. The largest absolute Gasteiger partial charge is 0.368 e. The number of rotatable bonds is 4. The van der Waals surface area contributed by atoms with Gasteiger partial charge in [-0.25, -0.2) is 4.98 Å². The van der Waals surface area contributed by atoms with Crippen molar-refractivity contribution in [2.75, 3.05) is 36.8 Å². The van der Waals surface area contributed by atoms with E-state index >= 15 is 0 Å². The number of piperazine rings is 1. The molecule has 1 saturated heterocycles. The Morgan fingerprint density at radius 3 is 2.52 bits per heavy atom. The van der Waals surface area contributed by atoms with Crippen molar-refractivity contribution < 1.29 is 4.79 Å². The molecule has 4 rings (SSSR count). The summed E-state index contributed by atoms with van der Waals surface area (Å²) < 4.78 is 1.66. The second-order valence-electron chi connectivity index (χ2n) is 7.60. The van der Waals surface area contributed by atoms with E-state index in [0.29, 0.717) is 18.6 Å². The number of para-hydroxylation sites is 1. The van der Waals surface area contributed by atoms with E-state index in [1.54, 1.807) is 4.52 Å². The number of nitrogens with two attached hydrogens (primary N) is 1. The number of amides is 1. The summed E-state index contributed by atoms with van der Waals surface area (Å²) in [5.41, 5.74) is 11.1. The molecular weight excluding hydrogens is 366 g/mol. The van der Waals surface area contributed by atoms with Gasteiger partial charge in [0.15, 0.2) is 0 Å². The average Bonchev–Trinajstić information content (AvgIpc) is 3.08. The maximum atomic E-state index is 12.8. The summed E-state index contributed by atoms with van der Waals surface area (Å²) in [4.78, 5) is 25.7. The van der Waals surface area contributed by atoms with E-state index in [1.807, 2.05) is 18.7 Å². The van der Waals surface area contributed by atoms with Gasteiger partial charge in [0, 0.05) is 49.7 Å². The predicted octanol–water partition coefficient (Wildman–Crippen LogP) is 1.91. The second kappa shape index (κ2) is 7.69. The molecule has 1 aromatic carbocycles. The highest BCUT2D eigenvalue weighted by atomic mass is 16.2. The number of nitrogen functional groups attached to an aromatic ring is 1. The smallest absolute Gasteiger partial charge is 0.254 e. The third-order valence-electron chi connectivity index (χ3n) is 5.74. The first-order valence-corrected chi connectivity index (χ1v) is 10.0. The monoisotopic (exact) mass is 393 g/mol. The van der Waals surface area contributed by atoms with E-state index in [4.69, 9.17) is 5.73 Å². The van der Waals surface area contributed by atoms with Crippen LogP contribution in [-0.4, -0.2) is 56.6 Å². The number of carbonyl (C=O) groups is 1. The number of benzene rings is 1. The van der Waals surface area contributed by atoms with Gasteiger partial charge in [0.2, 0.25) is 11.9 Å². The molecule has 3 heterocycles. The lowest BCUT2D eigenvalue weighted by molar-refractivity contribution is -0.131. The lowest BCUT2D eigenvalue weighted by Gasteiger charge is -2.37. The second-order valence-corrected chi connectivity index (χ2v) is 7.60. The Labute approximate surface area is 170 Å². The number of aromatic nitrogens is 4. The molecule has 1 amide bonds. The number of anilines is 2. The van der Waals surface area contributed by atoms with Gasteiger partial charge < -0.3 is 15.5 Å². The van der Waals surface area contributed by atoms with E-state index in [1.165, 1.54) is 11.3 Å². The third kappa shape index (κ3) is 3.74. The van der Waals surface area contributed by atoms with E-state index < -0.39 is 0 Å². The van der Waals surface area contributed by atoms with Crippen LogP contribution >= 0.6 is 0 Å². The lowest BCUT2D eigenvalue weighted by Crippen LogP contribution is -2.49. The maximum absolute atomic E-state index is 12.8. The molecule has 8 nitrogen and oxygen atoms in total. The van der Waals surface area contributed by atoms with Crippen molar-refractivity contribution in [3.63, 3.8) is 0 Å². The van der Waals surface area contributed by atoms with Crippen molar-refractivity contribution in [3.8, 4) is 0 Å². The van der Waals surface area contributed by atoms with Crippen molar-refractivity contribution in [2.45, 2.75) is 33.6 Å². The molecular formula is C21H27N7O. The average molecular weight is 393 g/mol. The number of carbonyl (C=O) groups excluding carboxylic acids is 1. The maximum Gasteiger partial charge on any atom is 0.254 e. The van der Waals surface area contributed by atoms with Crippen LogP contribution in [0, 0.1) is 20.8 Å². The van der Waals surface area contributed by atoms with Crippen LogP contribution in [0.3, 0.4) is 0 Å². The van der Waals surface area contributed by atoms with Crippen LogP contribution in [0.5, 0.6) is 0 Å². The standard InChI is InChI=1S/C21H27N7O/c1-14-6-4-5-7-18(14)26-10-12-27(13-11-26)19(29)9-8-17-15(2)23-21-24-20(22)25-28(21)16(17)3/h4-7H,8-13H2,1-3H3,(H2,22,25). The number of hydrogen-bond acceptors (Lipinski definition) is 6. The highest BCUT2D eigenvalue weighted by Gasteiger charge is 2.22. The van der Waals surface area contributed by atoms with Crippen LogP contribution in [0.25, 0.3) is 5.78 Å². The fourth-order valence-electron chi connectivity index (χ4n) is 4.09. The zero-order chi connectivity index (χ0) is 20.5. The van der Waals surface area contributed by atoms with Crippen LogP contribution in [0.4, 0.5) is 11.6 Å². The van der Waals surface area contributed by atoms with Gasteiger partial charge in [-0.05, 0) is 44.4 Å². The summed E-state index contributed by atoms with van der Waals surface area (Å²) in [5, 5.41) is 4.20. The molecule has 0 spiro atoms. The van der Waals surface area contributed by atoms with E-state index in [9.17, 15) is 4.79 Å². The van der Waals surface area contributed by atoms with Crippen molar-refractivity contribution in [2.24, 2.45) is 0 Å². The van der Waals surface area contributed by atoms with Gasteiger partial charge in [-0.2, -0.15) is 9.50 Å². The Morgan fingerprint density at radius 2 is 1.79 bits per heavy atom. The Kier molecular flexibility index (Phi) is 5.08. The van der Waals surface area contributed by atoms with Crippen LogP contribution in [0.15, 0.2) is 24.3 Å². The molecule has 0 saturated carbocycles. The number of nitrogens with zero attached hydrogens (tertiary/aromatic N) is 6. The molecule has 29 heavy (non-hydrogen) atoms. The van der Waals surface area contributed by atoms with Gasteiger partial charge in [-0.1, -0.05) is 18.2 Å². The number of hydrogen-bond donors (Lipinski definition) is 1. The zero-order valence-electron chi connectivity index (χ0n) is 17.2. The van der Waals surface area contributed by atoms with Gasteiger partial charge in [0.05, 0.1) is 0 Å². The number of fused-ring (bicyclic) bond motifs is 1. The number of aryl methyl sites for hydroxylation is 3. The minimum absolute atomic E-state index is 0.187. The molecule has 0 aliphatic carbocycles. The highest BCUT2D eigenvalue weighted by molar-refractivity contribution is 5.77. The van der Waals surface area contributed by atoms with Crippen molar-refractivity contribution in [1.82, 2.24) is 24.5 Å². The molecule has 1 aliphatic rings. The van der Waals surface area contributed by atoms with Gasteiger partial charge in [-0.3, -0.25) is 4.79 Å². The van der Waals surface area contributed by atoms with Crippen molar-refractivity contribution in [3.05, 3.63) is 46.8 Å². The highest BCUT2D eigenvalue weighted by Crippen LogP contribution is 2.21. The quantitative estimate of drug-likeness (QED) is 0.728. The van der Waals surface area contributed by atoms with Gasteiger partial charge in [0.1, 0.15) is 0 Å². The van der Waals surface area contributed by atoms with Crippen LogP contribution < -0.4 is 10.6 Å². The molecule has 8 heteroatoms. The van der Waals surface area contributed by atoms with Crippen molar-refractivity contribution >= 4 is 23.3 Å². The summed E-state index contributed by atoms with van der Waals surface area (Å²) in [7, 11) is 0. The molecule has 2 N–H and O–H groups in total. The molecule has 0 atom stereocenters. The molecule has 0 radical (unpaired) electrons. The SMILES string of the molecule is Cc1ccccc1N1CCN(C(=O)CCc2c(C)nc3nc(N)nn3c2C)CC1. The molecule has 0 bridgehead atoms. The zero-order valence-corrected chi connectivity index (χ0v) is 17.2. The summed E-state index contributed by atoms with van der Waals surface area (Å²) in [5.74, 6) is 0.895. The molecule has 152 valence electrons. The van der Waals surface area contributed by atoms with E-state index in [2.05, 4.69) is 51.2 Å². The molecule has 0 unspecified atom stereocenters. The Morgan fingerprint density at radius 1 is 1.07 bits per heavy atom. The summed E-state index contributed by atoms with van der Waals surface area (Å²) in [6, 6.07) is 8.41. The van der Waals surface area contributed by atoms with E-state index in [0.717, 1.165) is 43.1 Å². The molecule has 1 fully saturated rings. The summed E-state index contributed by atoms with van der Waals surface area (Å²) in [6.07, 6.45) is 1.10. The normalized spacial score (nSPS) is 14.6. The van der Waals surface area contributed by atoms with Crippen LogP contribution in [0.2, 0.25) is 0 Å². The first-order chi connectivity index (χ1) is 13.9. The van der Waals surface area contributed by atoms with E-state index in [-0.39, 0.29) is 11.9 Å². The minimum atomic E-state index is 0.187. The van der Waals surface area contributed by atoms with Gasteiger partial charge >= 0.3 is 0 Å². The predicted molar refractivity (Wildman–Crippen MR) is 113 cm³/mol. The van der Waals surface area contributed by atoms with Gasteiger partial charge in [0.25, 0.3) is 5.78 Å². The minimum Gasteiger partial charge on any atom is -0.368 e. The first kappa shape index (κ1) is 19.2. The topological polar surface area (TPSA) is 92.6 Å². The Balaban J connectivity index is 1.39. The first-order valence-electron chi connectivity index (χ1n) is 10.0. The van der Waals surface area contributed by atoms with Crippen LogP contribution in [-0.2, 0) is 11.2 Å². The van der Waals surface area contributed by atoms with Crippen molar-refractivity contribution in [1.29, 1.82) is 0 Å². The molecule has 2 aromatic heterocycles. The van der Waals surface area contributed by atoms with Crippen LogP contribution in [0.1, 0.15) is 28.9 Å². The molecule has 1 aliphatic heterocycles. The fraction of sp³-hybridized carbons (Fsp3) is 0.429. The third-order valence-corrected chi connectivity index (χ3v) is 5.74. The lowest BCUT2D eigenvalue weighted by atomic mass is 10.1. The fourth-order valence-corrected chi connectivity index (χ4v) is 4.09.